The Morgan fingerprint density at radius 3 is 2.92 bits per heavy atom. The van der Waals surface area contributed by atoms with Gasteiger partial charge in [0.15, 0.2) is 0 Å². The highest BCUT2D eigenvalue weighted by Crippen LogP contribution is 2.54. The molecule has 1 nitrogen and oxygen atoms in total. The minimum absolute atomic E-state index is 0.0528. The molecule has 2 aliphatic rings. The summed E-state index contributed by atoms with van der Waals surface area (Å²) >= 11 is 0. The number of aliphatic hydroxyl groups excluding tert-OH is 1. The second kappa shape index (κ2) is 2.59. The maximum absolute atomic E-state index is 9.82. The minimum atomic E-state index is -0.0528. The second-order valence-electron chi connectivity index (χ2n) is 4.63. The van der Waals surface area contributed by atoms with Crippen molar-refractivity contribution in [3.05, 3.63) is 12.2 Å². The van der Waals surface area contributed by atoms with Crippen molar-refractivity contribution in [2.45, 2.75) is 45.1 Å². The molecule has 68 valence electrons. The number of hydrogen-bond acceptors (Lipinski definition) is 1. The first-order chi connectivity index (χ1) is 5.64. The Morgan fingerprint density at radius 2 is 2.25 bits per heavy atom. The highest BCUT2D eigenvalue weighted by atomic mass is 16.3. The van der Waals surface area contributed by atoms with Crippen molar-refractivity contribution < 1.29 is 5.11 Å². The van der Waals surface area contributed by atoms with Gasteiger partial charge in [-0.3, -0.25) is 0 Å². The van der Waals surface area contributed by atoms with Crippen LogP contribution >= 0.6 is 0 Å². The highest BCUT2D eigenvalue weighted by molar-refractivity contribution is 5.19. The number of allylic oxidation sites excluding steroid dienone is 1. The first-order valence-electron chi connectivity index (χ1n) is 5.01. The molecule has 0 heterocycles. The molecule has 3 atom stereocenters. The fourth-order valence-electron chi connectivity index (χ4n) is 3.05. The Hall–Kier alpha value is -0.300. The third-order valence-electron chi connectivity index (χ3n) is 4.04. The molecule has 1 unspecified atom stereocenters. The minimum Gasteiger partial charge on any atom is -0.393 e. The monoisotopic (exact) mass is 166 g/mol. The van der Waals surface area contributed by atoms with E-state index in [0.717, 1.165) is 19.3 Å². The van der Waals surface area contributed by atoms with E-state index < -0.39 is 0 Å². The molecule has 1 heteroatoms. The van der Waals surface area contributed by atoms with Gasteiger partial charge in [0.25, 0.3) is 0 Å². The van der Waals surface area contributed by atoms with Crippen LogP contribution < -0.4 is 0 Å². The summed E-state index contributed by atoms with van der Waals surface area (Å²) in [5.74, 6) is 0.513. The predicted molar refractivity (Wildman–Crippen MR) is 49.8 cm³/mol. The van der Waals surface area contributed by atoms with E-state index in [9.17, 15) is 5.11 Å². The molecular weight excluding hydrogens is 148 g/mol. The van der Waals surface area contributed by atoms with E-state index in [1.54, 1.807) is 0 Å². The summed E-state index contributed by atoms with van der Waals surface area (Å²) in [7, 11) is 0. The Balaban J connectivity index is 2.26. The van der Waals surface area contributed by atoms with E-state index in [0.29, 0.717) is 5.92 Å². The van der Waals surface area contributed by atoms with Gasteiger partial charge in [-0.2, -0.15) is 0 Å². The quantitative estimate of drug-likeness (QED) is 0.548. The number of hydrogen-bond donors (Lipinski definition) is 1. The Labute approximate surface area is 74.5 Å². The topological polar surface area (TPSA) is 20.2 Å². The normalized spacial score (nSPS) is 47.7. The number of aliphatic hydroxyl groups is 1. The molecule has 2 fully saturated rings. The Kier molecular flexibility index (Phi) is 1.80. The lowest BCUT2D eigenvalue weighted by Gasteiger charge is -2.40. The van der Waals surface area contributed by atoms with Gasteiger partial charge in [0, 0.05) is 0 Å². The molecule has 0 amide bonds. The van der Waals surface area contributed by atoms with Crippen LogP contribution in [0.4, 0.5) is 0 Å². The molecule has 1 N–H and O–H groups in total. The van der Waals surface area contributed by atoms with Gasteiger partial charge in [-0.15, -0.1) is 0 Å². The van der Waals surface area contributed by atoms with Crippen molar-refractivity contribution >= 4 is 0 Å². The highest BCUT2D eigenvalue weighted by Gasteiger charge is 2.46. The molecule has 0 aliphatic heterocycles. The van der Waals surface area contributed by atoms with E-state index in [1.165, 1.54) is 18.4 Å². The zero-order valence-corrected chi connectivity index (χ0v) is 7.84. The largest absolute Gasteiger partial charge is 0.393 e. The molecule has 0 saturated heterocycles. The van der Waals surface area contributed by atoms with Gasteiger partial charge in [-0.1, -0.05) is 19.1 Å². The summed E-state index contributed by atoms with van der Waals surface area (Å²) in [6.07, 6.45) is 5.67. The number of fused-ring (bicyclic) bond motifs is 1. The smallest absolute Gasteiger partial charge is 0.0576 e. The molecule has 2 aliphatic carbocycles. The lowest BCUT2D eigenvalue weighted by Crippen LogP contribution is -2.36. The van der Waals surface area contributed by atoms with Crippen LogP contribution in [-0.4, -0.2) is 11.2 Å². The lowest BCUT2D eigenvalue weighted by molar-refractivity contribution is 0.0150. The van der Waals surface area contributed by atoms with Crippen LogP contribution in [0.2, 0.25) is 0 Å². The molecule has 0 radical (unpaired) electrons. The third-order valence-corrected chi connectivity index (χ3v) is 4.04. The standard InChI is InChI=1S/C11H18O/c1-8-5-6-9-10(12)4-3-7-11(8,9)2/h9-10,12H,1,3-7H2,2H3/t9?,10-,11+/m0/s1. The maximum atomic E-state index is 9.82. The first-order valence-corrected chi connectivity index (χ1v) is 5.01. The van der Waals surface area contributed by atoms with Crippen LogP contribution in [0.15, 0.2) is 12.2 Å². The number of rotatable bonds is 0. The average molecular weight is 166 g/mol. The van der Waals surface area contributed by atoms with Crippen molar-refractivity contribution in [3.8, 4) is 0 Å². The molecule has 0 aromatic heterocycles. The van der Waals surface area contributed by atoms with E-state index >= 15 is 0 Å². The summed E-state index contributed by atoms with van der Waals surface area (Å²) in [6, 6.07) is 0. The van der Waals surface area contributed by atoms with Crippen LogP contribution in [0, 0.1) is 11.3 Å². The van der Waals surface area contributed by atoms with E-state index in [-0.39, 0.29) is 11.5 Å². The van der Waals surface area contributed by atoms with E-state index in [1.807, 2.05) is 0 Å². The fraction of sp³-hybridized carbons (Fsp3) is 0.818. The van der Waals surface area contributed by atoms with Crippen molar-refractivity contribution in [1.29, 1.82) is 0 Å². The van der Waals surface area contributed by atoms with Gasteiger partial charge in [-0.25, -0.2) is 0 Å². The van der Waals surface area contributed by atoms with Crippen LogP contribution in [0.1, 0.15) is 39.0 Å². The van der Waals surface area contributed by atoms with Crippen molar-refractivity contribution in [3.63, 3.8) is 0 Å². The summed E-state index contributed by atoms with van der Waals surface area (Å²) in [6.45, 7) is 6.42. The van der Waals surface area contributed by atoms with E-state index in [2.05, 4.69) is 13.5 Å². The molecule has 2 rings (SSSR count). The van der Waals surface area contributed by atoms with Crippen LogP contribution in [-0.2, 0) is 0 Å². The van der Waals surface area contributed by atoms with Gasteiger partial charge in [0.2, 0.25) is 0 Å². The Morgan fingerprint density at radius 1 is 1.50 bits per heavy atom. The van der Waals surface area contributed by atoms with Crippen molar-refractivity contribution in [2.75, 3.05) is 0 Å². The van der Waals surface area contributed by atoms with Gasteiger partial charge in [0.05, 0.1) is 6.10 Å². The van der Waals surface area contributed by atoms with Crippen molar-refractivity contribution in [2.24, 2.45) is 11.3 Å². The van der Waals surface area contributed by atoms with Gasteiger partial charge in [0.1, 0.15) is 0 Å². The summed E-state index contributed by atoms with van der Waals surface area (Å²) in [5, 5.41) is 9.82. The van der Waals surface area contributed by atoms with E-state index in [4.69, 9.17) is 0 Å². The predicted octanol–water partition coefficient (Wildman–Crippen LogP) is 2.50. The van der Waals surface area contributed by atoms with Crippen LogP contribution in [0.3, 0.4) is 0 Å². The molecule has 0 spiro atoms. The molecule has 12 heavy (non-hydrogen) atoms. The van der Waals surface area contributed by atoms with Gasteiger partial charge >= 0.3 is 0 Å². The first kappa shape index (κ1) is 8.31. The lowest BCUT2D eigenvalue weighted by atomic mass is 9.67. The summed E-state index contributed by atoms with van der Waals surface area (Å²) in [5.41, 5.74) is 1.66. The van der Waals surface area contributed by atoms with Gasteiger partial charge < -0.3 is 5.11 Å². The second-order valence-corrected chi connectivity index (χ2v) is 4.63. The van der Waals surface area contributed by atoms with Crippen LogP contribution in [0.5, 0.6) is 0 Å². The maximum Gasteiger partial charge on any atom is 0.0576 e. The molecule has 0 bridgehead atoms. The van der Waals surface area contributed by atoms with Crippen molar-refractivity contribution in [1.82, 2.24) is 0 Å². The third kappa shape index (κ3) is 0.957. The molecule has 0 aromatic carbocycles. The SMILES string of the molecule is C=C1CCC2[C@@H](O)CCC[C@]12C. The average Bonchev–Trinajstić information content (AvgIpc) is 2.30. The Bertz CT molecular complexity index is 209. The zero-order chi connectivity index (χ0) is 8.77. The molecule has 2 saturated carbocycles. The fourth-order valence-corrected chi connectivity index (χ4v) is 3.05. The summed E-state index contributed by atoms with van der Waals surface area (Å²) < 4.78 is 0. The van der Waals surface area contributed by atoms with Crippen LogP contribution in [0.25, 0.3) is 0 Å². The van der Waals surface area contributed by atoms with Gasteiger partial charge in [-0.05, 0) is 43.4 Å². The summed E-state index contributed by atoms with van der Waals surface area (Å²) in [4.78, 5) is 0. The molecule has 0 aromatic rings. The zero-order valence-electron chi connectivity index (χ0n) is 7.84. The molecular formula is C11H18O.